The SMILES string of the molecule is C1=CC(c2ccc(-c3ccc(C4C=CC=CC4(c4ccccc4)c4ccccc4)cc3)cc2)C(c2ccccc2)(c2ccccc2)C=C1. The lowest BCUT2D eigenvalue weighted by Crippen LogP contribution is -2.33. The number of benzene rings is 6. The molecule has 0 heterocycles. The molecule has 0 aliphatic heterocycles. The number of hydrogen-bond acceptors (Lipinski definition) is 0. The van der Waals surface area contributed by atoms with Crippen LogP contribution >= 0.6 is 0 Å². The van der Waals surface area contributed by atoms with Gasteiger partial charge in [-0.25, -0.2) is 0 Å². The zero-order chi connectivity index (χ0) is 32.2. The van der Waals surface area contributed by atoms with Crippen molar-refractivity contribution in [1.29, 1.82) is 0 Å². The van der Waals surface area contributed by atoms with Gasteiger partial charge in [0.1, 0.15) is 0 Å². The van der Waals surface area contributed by atoms with E-state index in [1.807, 2.05) is 0 Å². The molecule has 0 fully saturated rings. The Morgan fingerprint density at radius 2 is 0.583 bits per heavy atom. The summed E-state index contributed by atoms with van der Waals surface area (Å²) >= 11 is 0. The van der Waals surface area contributed by atoms with Crippen molar-refractivity contribution in [2.75, 3.05) is 0 Å². The monoisotopic (exact) mass is 614 g/mol. The highest BCUT2D eigenvalue weighted by atomic mass is 14.4. The summed E-state index contributed by atoms with van der Waals surface area (Å²) in [6, 6.07) is 62.2. The molecule has 2 aliphatic rings. The van der Waals surface area contributed by atoms with E-state index in [0.717, 1.165) is 0 Å². The van der Waals surface area contributed by atoms with Crippen molar-refractivity contribution in [2.45, 2.75) is 22.7 Å². The van der Waals surface area contributed by atoms with Crippen molar-refractivity contribution >= 4 is 0 Å². The first-order valence-corrected chi connectivity index (χ1v) is 16.9. The van der Waals surface area contributed by atoms with Crippen molar-refractivity contribution in [1.82, 2.24) is 0 Å². The van der Waals surface area contributed by atoms with Crippen LogP contribution in [-0.2, 0) is 10.8 Å². The predicted octanol–water partition coefficient (Wildman–Crippen LogP) is 11.7. The minimum absolute atomic E-state index is 0.166. The van der Waals surface area contributed by atoms with Gasteiger partial charge in [0, 0.05) is 22.7 Å². The molecule has 2 atom stereocenters. The maximum Gasteiger partial charge on any atom is 0.0488 e. The summed E-state index contributed by atoms with van der Waals surface area (Å²) in [6.07, 6.45) is 18.3. The van der Waals surface area contributed by atoms with E-state index in [0.29, 0.717) is 0 Å². The van der Waals surface area contributed by atoms with E-state index in [-0.39, 0.29) is 22.7 Å². The maximum absolute atomic E-state index is 2.38. The first-order chi connectivity index (χ1) is 23.8. The fourth-order valence-electron chi connectivity index (χ4n) is 8.08. The van der Waals surface area contributed by atoms with Crippen molar-refractivity contribution < 1.29 is 0 Å². The van der Waals surface area contributed by atoms with Gasteiger partial charge in [0.25, 0.3) is 0 Å². The second-order valence-electron chi connectivity index (χ2n) is 12.9. The van der Waals surface area contributed by atoms with Crippen LogP contribution < -0.4 is 0 Å². The lowest BCUT2D eigenvalue weighted by molar-refractivity contribution is 0.565. The van der Waals surface area contributed by atoms with Crippen LogP contribution in [0.3, 0.4) is 0 Å². The van der Waals surface area contributed by atoms with Crippen molar-refractivity contribution in [3.63, 3.8) is 0 Å². The first-order valence-electron chi connectivity index (χ1n) is 16.9. The third kappa shape index (κ3) is 5.11. The molecule has 230 valence electrons. The van der Waals surface area contributed by atoms with Gasteiger partial charge in [-0.3, -0.25) is 0 Å². The largest absolute Gasteiger partial charge is 0.0755 e. The Kier molecular flexibility index (Phi) is 7.92. The highest BCUT2D eigenvalue weighted by Gasteiger charge is 2.41. The number of rotatable bonds is 7. The quantitative estimate of drug-likeness (QED) is 0.168. The molecule has 6 aromatic carbocycles. The Morgan fingerprint density at radius 1 is 0.292 bits per heavy atom. The van der Waals surface area contributed by atoms with Gasteiger partial charge in [-0.15, -0.1) is 0 Å². The first kappa shape index (κ1) is 29.7. The van der Waals surface area contributed by atoms with E-state index in [4.69, 9.17) is 0 Å². The Bertz CT molecular complexity index is 1850. The van der Waals surface area contributed by atoms with Crippen LogP contribution in [0.15, 0.2) is 218 Å². The van der Waals surface area contributed by atoms with Crippen LogP contribution in [0.25, 0.3) is 11.1 Å². The fraction of sp³-hybridized carbons (Fsp3) is 0.0833. The molecular weight excluding hydrogens is 577 g/mol. The molecule has 6 aromatic rings. The molecule has 48 heavy (non-hydrogen) atoms. The van der Waals surface area contributed by atoms with Gasteiger partial charge in [-0.05, 0) is 44.5 Å². The van der Waals surface area contributed by atoms with Crippen LogP contribution in [0.1, 0.15) is 45.2 Å². The average Bonchev–Trinajstić information content (AvgIpc) is 3.19. The molecule has 0 spiro atoms. The summed E-state index contributed by atoms with van der Waals surface area (Å²) in [6.45, 7) is 0. The summed E-state index contributed by atoms with van der Waals surface area (Å²) in [5.41, 5.74) is 9.69. The Labute approximate surface area is 284 Å². The van der Waals surface area contributed by atoms with Crippen molar-refractivity contribution in [3.05, 3.63) is 252 Å². The lowest BCUT2D eigenvalue weighted by atomic mass is 9.62. The van der Waals surface area contributed by atoms with E-state index in [1.165, 1.54) is 44.5 Å². The molecule has 0 heteroatoms. The topological polar surface area (TPSA) is 0 Å². The highest BCUT2D eigenvalue weighted by Crippen LogP contribution is 2.50. The van der Waals surface area contributed by atoms with Crippen LogP contribution in [0.2, 0.25) is 0 Å². The second kappa shape index (κ2) is 12.8. The van der Waals surface area contributed by atoms with E-state index in [9.17, 15) is 0 Å². The molecular formula is C48H38. The predicted molar refractivity (Wildman–Crippen MR) is 201 cm³/mol. The summed E-state index contributed by atoms with van der Waals surface area (Å²) in [5.74, 6) is 0.331. The lowest BCUT2D eigenvalue weighted by Gasteiger charge is -2.40. The van der Waals surface area contributed by atoms with Gasteiger partial charge in [-0.2, -0.15) is 0 Å². The molecule has 0 radical (unpaired) electrons. The minimum Gasteiger partial charge on any atom is -0.0755 e. The molecule has 0 aromatic heterocycles. The standard InChI is InChI=1S/C48H38/c1-5-17-41(18-6-1)47(42-19-7-2-8-20-42)35-15-13-25-45(47)39-31-27-37(28-32-39)38-29-33-40(34-30-38)46-26-14-16-36-48(46,43-21-9-3-10-22-43)44-23-11-4-12-24-44/h1-36,45-46H. The smallest absolute Gasteiger partial charge is 0.0488 e. The van der Waals surface area contributed by atoms with E-state index in [2.05, 4.69) is 218 Å². The third-order valence-electron chi connectivity index (χ3n) is 10.4. The fourth-order valence-corrected chi connectivity index (χ4v) is 8.08. The molecule has 0 nitrogen and oxygen atoms in total. The highest BCUT2D eigenvalue weighted by molar-refractivity contribution is 5.66. The van der Waals surface area contributed by atoms with Gasteiger partial charge >= 0.3 is 0 Å². The Morgan fingerprint density at radius 3 is 0.875 bits per heavy atom. The molecule has 0 saturated heterocycles. The molecule has 0 saturated carbocycles. The molecule has 8 rings (SSSR count). The van der Waals surface area contributed by atoms with Gasteiger partial charge in [0.2, 0.25) is 0 Å². The van der Waals surface area contributed by atoms with Crippen LogP contribution in [0.4, 0.5) is 0 Å². The number of allylic oxidation sites excluding steroid dienone is 8. The van der Waals surface area contributed by atoms with E-state index >= 15 is 0 Å². The maximum atomic E-state index is 2.38. The van der Waals surface area contributed by atoms with E-state index in [1.54, 1.807) is 0 Å². The third-order valence-corrected chi connectivity index (χ3v) is 10.4. The molecule has 0 bridgehead atoms. The molecule has 2 aliphatic carbocycles. The summed E-state index contributed by atoms with van der Waals surface area (Å²) < 4.78 is 0. The molecule has 2 unspecified atom stereocenters. The van der Waals surface area contributed by atoms with Crippen LogP contribution in [0.5, 0.6) is 0 Å². The Balaban J connectivity index is 1.13. The van der Waals surface area contributed by atoms with Crippen molar-refractivity contribution in [3.8, 4) is 11.1 Å². The Hall–Kier alpha value is -5.72. The normalized spacial score (nSPS) is 18.8. The van der Waals surface area contributed by atoms with Gasteiger partial charge in [-0.1, -0.05) is 218 Å². The zero-order valence-corrected chi connectivity index (χ0v) is 26.9. The van der Waals surface area contributed by atoms with Crippen LogP contribution in [-0.4, -0.2) is 0 Å². The second-order valence-corrected chi connectivity index (χ2v) is 12.9. The van der Waals surface area contributed by atoms with Crippen LogP contribution in [0, 0.1) is 0 Å². The van der Waals surface area contributed by atoms with Gasteiger partial charge < -0.3 is 0 Å². The molecule has 0 N–H and O–H groups in total. The number of hydrogen-bond donors (Lipinski definition) is 0. The molecule has 0 amide bonds. The van der Waals surface area contributed by atoms with E-state index < -0.39 is 0 Å². The average molecular weight is 615 g/mol. The summed E-state index contributed by atoms with van der Waals surface area (Å²) in [5, 5.41) is 0. The summed E-state index contributed by atoms with van der Waals surface area (Å²) in [7, 11) is 0. The van der Waals surface area contributed by atoms with Gasteiger partial charge in [0.05, 0.1) is 0 Å². The summed E-state index contributed by atoms with van der Waals surface area (Å²) in [4.78, 5) is 0. The van der Waals surface area contributed by atoms with Crippen molar-refractivity contribution in [2.24, 2.45) is 0 Å². The van der Waals surface area contributed by atoms with Gasteiger partial charge in [0.15, 0.2) is 0 Å². The minimum atomic E-state index is -0.285. The zero-order valence-electron chi connectivity index (χ0n) is 26.9.